The molecule has 5 nitrogen and oxygen atoms in total. The minimum Gasteiger partial charge on any atom is -0.346 e. The van der Waals surface area contributed by atoms with Crippen LogP contribution in [0, 0.1) is 12.8 Å². The van der Waals surface area contributed by atoms with E-state index in [2.05, 4.69) is 31.8 Å². The molecule has 3 aromatic heterocycles. The highest BCUT2D eigenvalue weighted by Crippen LogP contribution is 2.25. The van der Waals surface area contributed by atoms with Gasteiger partial charge in [0, 0.05) is 35.4 Å². The summed E-state index contributed by atoms with van der Waals surface area (Å²) in [6.07, 6.45) is 10.0. The van der Waals surface area contributed by atoms with Crippen molar-refractivity contribution in [1.82, 2.24) is 14.5 Å². The van der Waals surface area contributed by atoms with Gasteiger partial charge in [0.15, 0.2) is 4.80 Å². The van der Waals surface area contributed by atoms with Gasteiger partial charge < -0.3 is 9.55 Å². The van der Waals surface area contributed by atoms with E-state index in [1.165, 1.54) is 37.8 Å². The first-order valence-electron chi connectivity index (χ1n) is 8.88. The van der Waals surface area contributed by atoms with E-state index in [4.69, 9.17) is 0 Å². The Morgan fingerprint density at radius 2 is 2.20 bits per heavy atom. The molecule has 0 saturated heterocycles. The first kappa shape index (κ1) is 16.3. The van der Waals surface area contributed by atoms with Crippen molar-refractivity contribution >= 4 is 28.3 Å². The van der Waals surface area contributed by atoms with Gasteiger partial charge in [0.25, 0.3) is 5.91 Å². The molecule has 1 aliphatic rings. The van der Waals surface area contributed by atoms with E-state index in [0.29, 0.717) is 11.5 Å². The predicted molar refractivity (Wildman–Crippen MR) is 99.6 cm³/mol. The van der Waals surface area contributed by atoms with E-state index in [9.17, 15) is 4.79 Å². The molecule has 1 aliphatic carbocycles. The molecule has 0 aliphatic heterocycles. The highest BCUT2D eigenvalue weighted by molar-refractivity contribution is 7.07. The number of fused-ring (bicyclic) bond motifs is 1. The van der Waals surface area contributed by atoms with Crippen LogP contribution in [-0.4, -0.2) is 20.4 Å². The summed E-state index contributed by atoms with van der Waals surface area (Å²) in [4.78, 5) is 25.3. The molecule has 6 heteroatoms. The van der Waals surface area contributed by atoms with Crippen molar-refractivity contribution in [2.75, 3.05) is 0 Å². The van der Waals surface area contributed by atoms with E-state index in [0.717, 1.165) is 22.4 Å². The van der Waals surface area contributed by atoms with E-state index in [1.54, 1.807) is 29.8 Å². The summed E-state index contributed by atoms with van der Waals surface area (Å²) >= 11 is 1.55. The van der Waals surface area contributed by atoms with Gasteiger partial charge in [0.1, 0.15) is 5.65 Å². The molecule has 1 fully saturated rings. The summed E-state index contributed by atoms with van der Waals surface area (Å²) < 4.78 is 2.22. The maximum Gasteiger partial charge on any atom is 0.280 e. The number of nitrogens with one attached hydrogen (secondary N) is 1. The third kappa shape index (κ3) is 3.31. The van der Waals surface area contributed by atoms with E-state index < -0.39 is 0 Å². The van der Waals surface area contributed by atoms with Gasteiger partial charge in [-0.3, -0.25) is 4.79 Å². The minimum absolute atomic E-state index is 0.203. The average molecular weight is 354 g/mol. The van der Waals surface area contributed by atoms with Crippen molar-refractivity contribution in [3.63, 3.8) is 0 Å². The molecule has 0 bridgehead atoms. The largest absolute Gasteiger partial charge is 0.346 e. The molecule has 1 saturated carbocycles. The molecule has 1 amide bonds. The van der Waals surface area contributed by atoms with Gasteiger partial charge >= 0.3 is 0 Å². The second-order valence-electron chi connectivity index (χ2n) is 6.79. The van der Waals surface area contributed by atoms with Gasteiger partial charge in [-0.05, 0) is 37.8 Å². The third-order valence-electron chi connectivity index (χ3n) is 5.04. The lowest BCUT2D eigenvalue weighted by atomic mass is 9.89. The Morgan fingerprint density at radius 3 is 3.04 bits per heavy atom. The molecule has 130 valence electrons. The van der Waals surface area contributed by atoms with Crippen LogP contribution in [0.15, 0.2) is 34.9 Å². The van der Waals surface area contributed by atoms with Crippen molar-refractivity contribution < 1.29 is 4.79 Å². The molecule has 0 radical (unpaired) electrons. The van der Waals surface area contributed by atoms with Gasteiger partial charge in [-0.15, -0.1) is 11.3 Å². The Morgan fingerprint density at radius 1 is 1.36 bits per heavy atom. The number of amides is 1. The molecule has 25 heavy (non-hydrogen) atoms. The number of carbonyl (C=O) groups excluding carboxylic acids is 1. The molecule has 0 aromatic carbocycles. The topological polar surface area (TPSA) is 63.0 Å². The van der Waals surface area contributed by atoms with Crippen molar-refractivity contribution in [3.8, 4) is 0 Å². The molecule has 3 aromatic rings. The zero-order valence-electron chi connectivity index (χ0n) is 14.4. The van der Waals surface area contributed by atoms with Gasteiger partial charge in [-0.25, -0.2) is 4.98 Å². The SMILES string of the molecule is Cc1cs/c(=N\C(=O)c2ccnc3[nH]ccc23)n1CC1CCCCC1. The molecule has 0 atom stereocenters. The zero-order chi connectivity index (χ0) is 17.2. The first-order chi connectivity index (χ1) is 12.2. The lowest BCUT2D eigenvalue weighted by Gasteiger charge is -2.22. The normalized spacial score (nSPS) is 16.6. The molecule has 0 spiro atoms. The van der Waals surface area contributed by atoms with Gasteiger partial charge in [-0.1, -0.05) is 19.3 Å². The Bertz CT molecular complexity index is 959. The maximum absolute atomic E-state index is 12.8. The lowest BCUT2D eigenvalue weighted by Crippen LogP contribution is -2.24. The van der Waals surface area contributed by atoms with Crippen molar-refractivity contribution in [2.45, 2.75) is 45.6 Å². The minimum atomic E-state index is -0.203. The molecule has 3 heterocycles. The number of rotatable bonds is 3. The van der Waals surface area contributed by atoms with Crippen LogP contribution in [0.25, 0.3) is 11.0 Å². The number of hydrogen-bond donors (Lipinski definition) is 1. The van der Waals surface area contributed by atoms with Crippen LogP contribution < -0.4 is 4.80 Å². The maximum atomic E-state index is 12.8. The van der Waals surface area contributed by atoms with E-state index >= 15 is 0 Å². The monoisotopic (exact) mass is 354 g/mol. The number of aromatic amines is 1. The highest BCUT2D eigenvalue weighted by Gasteiger charge is 2.16. The summed E-state index contributed by atoms with van der Waals surface area (Å²) in [6.45, 7) is 3.07. The number of H-pyrrole nitrogens is 1. The number of hydrogen-bond acceptors (Lipinski definition) is 3. The van der Waals surface area contributed by atoms with E-state index in [-0.39, 0.29) is 5.91 Å². The summed E-state index contributed by atoms with van der Waals surface area (Å²) in [5.74, 6) is 0.500. The summed E-state index contributed by atoms with van der Waals surface area (Å²) in [5.41, 5.74) is 2.50. The quantitative estimate of drug-likeness (QED) is 0.771. The number of thiazole rings is 1. The Labute approximate surface area is 150 Å². The fourth-order valence-electron chi connectivity index (χ4n) is 3.65. The van der Waals surface area contributed by atoms with Crippen molar-refractivity contribution in [2.24, 2.45) is 10.9 Å². The summed E-state index contributed by atoms with van der Waals surface area (Å²) in [5, 5.41) is 2.91. The Hall–Kier alpha value is -2.21. The third-order valence-corrected chi connectivity index (χ3v) is 6.03. The Kier molecular flexibility index (Phi) is 4.53. The van der Waals surface area contributed by atoms with E-state index in [1.807, 2.05) is 6.07 Å². The Balaban J connectivity index is 1.67. The second kappa shape index (κ2) is 6.96. The number of aryl methyl sites for hydroxylation is 1. The van der Waals surface area contributed by atoms with Crippen LogP contribution in [0.4, 0.5) is 0 Å². The van der Waals surface area contributed by atoms with Gasteiger partial charge in [0.05, 0.1) is 5.56 Å². The van der Waals surface area contributed by atoms with Crippen LogP contribution in [0.2, 0.25) is 0 Å². The molecule has 1 N–H and O–H groups in total. The van der Waals surface area contributed by atoms with Crippen LogP contribution in [0.1, 0.15) is 48.2 Å². The fraction of sp³-hybridized carbons (Fsp3) is 0.421. The number of nitrogens with zero attached hydrogens (tertiary/aromatic N) is 3. The number of aromatic nitrogens is 3. The van der Waals surface area contributed by atoms with Gasteiger partial charge in [-0.2, -0.15) is 4.99 Å². The smallest absolute Gasteiger partial charge is 0.280 e. The lowest BCUT2D eigenvalue weighted by molar-refractivity contribution is 0.0999. The van der Waals surface area contributed by atoms with Crippen LogP contribution >= 0.6 is 11.3 Å². The predicted octanol–water partition coefficient (Wildman–Crippen LogP) is 4.06. The average Bonchev–Trinajstić information content (AvgIpc) is 3.24. The van der Waals surface area contributed by atoms with Crippen LogP contribution in [0.5, 0.6) is 0 Å². The van der Waals surface area contributed by atoms with Crippen molar-refractivity contribution in [3.05, 3.63) is 46.0 Å². The molecule has 4 rings (SSSR count). The molecule has 0 unspecified atom stereocenters. The van der Waals surface area contributed by atoms with Gasteiger partial charge in [0.2, 0.25) is 0 Å². The van der Waals surface area contributed by atoms with Crippen molar-refractivity contribution in [1.29, 1.82) is 0 Å². The van der Waals surface area contributed by atoms with Crippen LogP contribution in [0.3, 0.4) is 0 Å². The zero-order valence-corrected chi connectivity index (χ0v) is 15.2. The standard InChI is InChI=1S/C19H22N4OS/c1-13-12-25-19(23(13)11-14-5-3-2-4-6-14)22-18(24)16-8-10-21-17-15(16)7-9-20-17/h7-10,12,14H,2-6,11H2,1H3,(H,20,21)/b22-19-. The number of carbonyl (C=O) groups is 1. The highest BCUT2D eigenvalue weighted by atomic mass is 32.1. The first-order valence-corrected chi connectivity index (χ1v) is 9.76. The second-order valence-corrected chi connectivity index (χ2v) is 7.63. The fourth-order valence-corrected chi connectivity index (χ4v) is 4.53. The number of pyridine rings is 1. The molecular formula is C19H22N4OS. The summed E-state index contributed by atoms with van der Waals surface area (Å²) in [7, 11) is 0. The molecular weight excluding hydrogens is 332 g/mol. The summed E-state index contributed by atoms with van der Waals surface area (Å²) in [6, 6.07) is 3.62. The van der Waals surface area contributed by atoms with Crippen LogP contribution in [-0.2, 0) is 6.54 Å².